The van der Waals surface area contributed by atoms with Gasteiger partial charge in [0.25, 0.3) is 0 Å². The van der Waals surface area contributed by atoms with E-state index in [4.69, 9.17) is 28.9 Å². The van der Waals surface area contributed by atoms with Gasteiger partial charge in [-0.3, -0.25) is 0 Å². The number of anilines is 1. The molecule has 4 N–H and O–H groups in total. The van der Waals surface area contributed by atoms with Crippen LogP contribution in [0.5, 0.6) is 0 Å². The minimum atomic E-state index is -0.877. The van der Waals surface area contributed by atoms with E-state index < -0.39 is 6.10 Å². The van der Waals surface area contributed by atoms with Crippen molar-refractivity contribution < 1.29 is 9.90 Å². The summed E-state index contributed by atoms with van der Waals surface area (Å²) < 4.78 is 0. The summed E-state index contributed by atoms with van der Waals surface area (Å²) in [5, 5.41) is 14.1. The molecule has 5 nitrogen and oxygen atoms in total. The fourth-order valence-electron chi connectivity index (χ4n) is 2.46. The third-order valence-corrected chi connectivity index (χ3v) is 4.76. The van der Waals surface area contributed by atoms with Crippen LogP contribution >= 0.6 is 23.2 Å². The molecule has 0 saturated heterocycles. The normalized spacial score (nSPS) is 12.1. The Morgan fingerprint density at radius 1 is 1.15 bits per heavy atom. The maximum Gasteiger partial charge on any atom is 0.322 e. The number of urea groups is 1. The van der Waals surface area contributed by atoms with E-state index in [0.717, 1.165) is 5.56 Å². The number of benzene rings is 2. The Morgan fingerprint density at radius 2 is 1.81 bits per heavy atom. The number of hydrogen-bond acceptors (Lipinski definition) is 3. The van der Waals surface area contributed by atoms with Gasteiger partial charge in [0.2, 0.25) is 0 Å². The molecule has 0 aliphatic heterocycles. The molecule has 0 radical (unpaired) electrons. The number of hydrogen-bond donors (Lipinski definition) is 3. The van der Waals surface area contributed by atoms with Crippen LogP contribution < -0.4 is 11.1 Å². The van der Waals surface area contributed by atoms with E-state index in [-0.39, 0.29) is 18.6 Å². The molecule has 26 heavy (non-hydrogen) atoms. The van der Waals surface area contributed by atoms with Crippen LogP contribution in [0, 0.1) is 0 Å². The predicted octanol–water partition coefficient (Wildman–Crippen LogP) is 4.43. The molecule has 0 heterocycles. The largest absolute Gasteiger partial charge is 0.387 e. The van der Waals surface area contributed by atoms with Crippen molar-refractivity contribution in [3.63, 3.8) is 0 Å². The summed E-state index contributed by atoms with van der Waals surface area (Å²) >= 11 is 11.9. The molecule has 0 aliphatic rings. The highest BCUT2D eigenvalue weighted by Gasteiger charge is 2.22. The molecule has 2 amide bonds. The minimum absolute atomic E-state index is 0.101. The molecule has 0 spiro atoms. The van der Waals surface area contributed by atoms with Gasteiger partial charge in [-0.25, -0.2) is 4.79 Å². The number of rotatable bonds is 6. The molecule has 7 heteroatoms. The Balaban J connectivity index is 2.08. The quantitative estimate of drug-likeness (QED) is 0.676. The van der Waals surface area contributed by atoms with Gasteiger partial charge < -0.3 is 21.1 Å². The fourth-order valence-corrected chi connectivity index (χ4v) is 2.77. The van der Waals surface area contributed by atoms with Crippen LogP contribution in [0.4, 0.5) is 10.5 Å². The first kappa shape index (κ1) is 20.5. The Morgan fingerprint density at radius 3 is 2.35 bits per heavy atom. The average molecular weight is 396 g/mol. The van der Waals surface area contributed by atoms with Crippen LogP contribution in [0.1, 0.15) is 31.1 Å². The van der Waals surface area contributed by atoms with Crippen molar-refractivity contribution >= 4 is 34.9 Å². The highest BCUT2D eigenvalue weighted by molar-refractivity contribution is 6.42. The highest BCUT2D eigenvalue weighted by Crippen LogP contribution is 2.26. The van der Waals surface area contributed by atoms with E-state index >= 15 is 0 Å². The molecular weight excluding hydrogens is 373 g/mol. The van der Waals surface area contributed by atoms with Gasteiger partial charge in [-0.1, -0.05) is 41.4 Å². The number of amides is 2. The number of halogens is 2. The van der Waals surface area contributed by atoms with Crippen molar-refractivity contribution in [2.75, 3.05) is 11.9 Å². The van der Waals surface area contributed by atoms with Gasteiger partial charge in [-0.2, -0.15) is 0 Å². The van der Waals surface area contributed by atoms with Crippen LogP contribution in [0.3, 0.4) is 0 Å². The van der Waals surface area contributed by atoms with Gasteiger partial charge in [0.05, 0.1) is 22.7 Å². The van der Waals surface area contributed by atoms with Gasteiger partial charge >= 0.3 is 6.03 Å². The second-order valence-electron chi connectivity index (χ2n) is 6.27. The van der Waals surface area contributed by atoms with E-state index in [1.807, 2.05) is 26.0 Å². The SMILES string of the molecule is CC(C)N(C[C@@H](O)c1ccc(Cl)c(Cl)c1)C(=O)Nc1ccc(CN)cc1. The topological polar surface area (TPSA) is 78.6 Å². The lowest BCUT2D eigenvalue weighted by Crippen LogP contribution is -2.42. The van der Waals surface area contributed by atoms with Crippen molar-refractivity contribution in [1.82, 2.24) is 4.90 Å². The van der Waals surface area contributed by atoms with E-state index in [2.05, 4.69) is 5.32 Å². The number of nitrogens with two attached hydrogens (primary N) is 1. The second-order valence-corrected chi connectivity index (χ2v) is 7.08. The Labute approximate surface area is 163 Å². The lowest BCUT2D eigenvalue weighted by molar-refractivity contribution is 0.113. The number of carbonyl (C=O) groups excluding carboxylic acids is 1. The zero-order valence-electron chi connectivity index (χ0n) is 14.7. The first-order chi connectivity index (χ1) is 12.3. The average Bonchev–Trinajstić information content (AvgIpc) is 2.62. The van der Waals surface area contributed by atoms with E-state index in [1.54, 1.807) is 35.2 Å². The molecule has 0 aromatic heterocycles. The van der Waals surface area contributed by atoms with Crippen LogP contribution in [0.25, 0.3) is 0 Å². The maximum atomic E-state index is 12.6. The van der Waals surface area contributed by atoms with Gasteiger partial charge in [0, 0.05) is 18.3 Å². The summed E-state index contributed by atoms with van der Waals surface area (Å²) in [7, 11) is 0. The molecule has 0 aliphatic carbocycles. The highest BCUT2D eigenvalue weighted by atomic mass is 35.5. The molecule has 140 valence electrons. The molecule has 2 aromatic carbocycles. The van der Waals surface area contributed by atoms with Gasteiger partial charge in [-0.05, 0) is 49.2 Å². The van der Waals surface area contributed by atoms with Crippen molar-refractivity contribution in [2.45, 2.75) is 32.5 Å². The third kappa shape index (κ3) is 5.35. The Hall–Kier alpha value is -1.79. The third-order valence-electron chi connectivity index (χ3n) is 4.02. The van der Waals surface area contributed by atoms with E-state index in [0.29, 0.717) is 27.8 Å². The predicted molar refractivity (Wildman–Crippen MR) is 107 cm³/mol. The monoisotopic (exact) mass is 395 g/mol. The maximum absolute atomic E-state index is 12.6. The first-order valence-corrected chi connectivity index (χ1v) is 9.07. The summed E-state index contributed by atoms with van der Waals surface area (Å²) in [4.78, 5) is 14.2. The summed E-state index contributed by atoms with van der Waals surface area (Å²) in [6.07, 6.45) is -0.877. The number of nitrogens with one attached hydrogen (secondary N) is 1. The first-order valence-electron chi connectivity index (χ1n) is 8.31. The minimum Gasteiger partial charge on any atom is -0.387 e. The molecule has 2 aromatic rings. The smallest absolute Gasteiger partial charge is 0.322 e. The summed E-state index contributed by atoms with van der Waals surface area (Å²) in [6.45, 7) is 4.35. The second kappa shape index (κ2) is 9.24. The van der Waals surface area contributed by atoms with Crippen molar-refractivity contribution in [3.05, 3.63) is 63.6 Å². The summed E-state index contributed by atoms with van der Waals surface area (Å²) in [6, 6.07) is 11.9. The zero-order valence-corrected chi connectivity index (χ0v) is 16.3. The molecular formula is C19H23Cl2N3O2. The number of aliphatic hydroxyl groups is 1. The van der Waals surface area contributed by atoms with Crippen LogP contribution in [-0.4, -0.2) is 28.6 Å². The van der Waals surface area contributed by atoms with Gasteiger partial charge in [0.15, 0.2) is 0 Å². The van der Waals surface area contributed by atoms with Crippen LogP contribution in [0.15, 0.2) is 42.5 Å². The number of carbonyl (C=O) groups is 1. The Bertz CT molecular complexity index is 751. The molecule has 0 saturated carbocycles. The Kier molecular flexibility index (Phi) is 7.29. The van der Waals surface area contributed by atoms with Crippen LogP contribution in [0.2, 0.25) is 10.0 Å². The summed E-state index contributed by atoms with van der Waals surface area (Å²) in [5.74, 6) is 0. The molecule has 0 unspecified atom stereocenters. The standard InChI is InChI=1S/C19H23Cl2N3O2/c1-12(2)24(11-18(25)14-5-8-16(20)17(21)9-14)19(26)23-15-6-3-13(10-22)4-7-15/h3-9,12,18,25H,10-11,22H2,1-2H3,(H,23,26)/t18-/m1/s1. The lowest BCUT2D eigenvalue weighted by atomic mass is 10.1. The van der Waals surface area contributed by atoms with E-state index in [1.165, 1.54) is 0 Å². The van der Waals surface area contributed by atoms with E-state index in [9.17, 15) is 9.90 Å². The molecule has 0 bridgehead atoms. The van der Waals surface area contributed by atoms with Crippen molar-refractivity contribution in [1.29, 1.82) is 0 Å². The lowest BCUT2D eigenvalue weighted by Gasteiger charge is -2.29. The fraction of sp³-hybridized carbons (Fsp3) is 0.316. The zero-order chi connectivity index (χ0) is 19.3. The van der Waals surface area contributed by atoms with Crippen LogP contribution in [-0.2, 0) is 6.54 Å². The summed E-state index contributed by atoms with van der Waals surface area (Å²) in [5.41, 5.74) is 7.83. The molecule has 1 atom stereocenters. The van der Waals surface area contributed by atoms with Gasteiger partial charge in [0.1, 0.15) is 0 Å². The van der Waals surface area contributed by atoms with Crippen molar-refractivity contribution in [3.8, 4) is 0 Å². The molecule has 0 fully saturated rings. The van der Waals surface area contributed by atoms with Gasteiger partial charge in [-0.15, -0.1) is 0 Å². The number of nitrogens with zero attached hydrogens (tertiary/aromatic N) is 1. The molecule has 2 rings (SSSR count). The van der Waals surface area contributed by atoms with Crippen molar-refractivity contribution in [2.24, 2.45) is 5.73 Å². The number of aliphatic hydroxyl groups excluding tert-OH is 1.